The van der Waals surface area contributed by atoms with Crippen LogP contribution in [0.15, 0.2) is 22.7 Å². The molecule has 0 heterocycles. The number of hydrogen-bond acceptors (Lipinski definition) is 1. The van der Waals surface area contributed by atoms with E-state index in [0.29, 0.717) is 12.0 Å². The lowest BCUT2D eigenvalue weighted by atomic mass is 9.95. The van der Waals surface area contributed by atoms with Gasteiger partial charge in [-0.3, -0.25) is 0 Å². The van der Waals surface area contributed by atoms with Crippen LogP contribution in [0.3, 0.4) is 0 Å². The molecular weight excluding hydrogens is 269 g/mol. The summed E-state index contributed by atoms with van der Waals surface area (Å²) in [7, 11) is 0. The third-order valence-electron chi connectivity index (χ3n) is 2.94. The molecule has 1 rings (SSSR count). The van der Waals surface area contributed by atoms with Gasteiger partial charge in [-0.05, 0) is 43.5 Å². The Morgan fingerprint density at radius 1 is 1.38 bits per heavy atom. The highest BCUT2D eigenvalue weighted by molar-refractivity contribution is 9.10. The van der Waals surface area contributed by atoms with Crippen molar-refractivity contribution in [1.82, 2.24) is 5.32 Å². The van der Waals surface area contributed by atoms with Gasteiger partial charge in [0.25, 0.3) is 0 Å². The molecule has 0 amide bonds. The molecule has 0 aliphatic carbocycles. The van der Waals surface area contributed by atoms with Gasteiger partial charge in [-0.2, -0.15) is 0 Å². The Morgan fingerprint density at radius 3 is 2.62 bits per heavy atom. The van der Waals surface area contributed by atoms with Crippen molar-refractivity contribution >= 4 is 15.9 Å². The molecule has 0 bridgehead atoms. The SMILES string of the molecule is CCNC(C)C(C)Cc1ccc(F)cc1Br. The number of nitrogens with one attached hydrogen (secondary N) is 1. The van der Waals surface area contributed by atoms with E-state index in [0.717, 1.165) is 17.4 Å². The predicted octanol–water partition coefficient (Wildman–Crippen LogP) is 3.76. The zero-order valence-electron chi connectivity index (χ0n) is 10.1. The molecule has 0 saturated heterocycles. The predicted molar refractivity (Wildman–Crippen MR) is 70.1 cm³/mol. The molecule has 3 heteroatoms. The van der Waals surface area contributed by atoms with Crippen molar-refractivity contribution in [3.05, 3.63) is 34.1 Å². The summed E-state index contributed by atoms with van der Waals surface area (Å²) in [5.74, 6) is 0.338. The molecule has 16 heavy (non-hydrogen) atoms. The van der Waals surface area contributed by atoms with Gasteiger partial charge in [0.15, 0.2) is 0 Å². The highest BCUT2D eigenvalue weighted by Crippen LogP contribution is 2.22. The van der Waals surface area contributed by atoms with Crippen LogP contribution in [-0.4, -0.2) is 12.6 Å². The minimum absolute atomic E-state index is 0.192. The average molecular weight is 288 g/mol. The van der Waals surface area contributed by atoms with Gasteiger partial charge >= 0.3 is 0 Å². The van der Waals surface area contributed by atoms with Crippen LogP contribution in [0.2, 0.25) is 0 Å². The topological polar surface area (TPSA) is 12.0 Å². The van der Waals surface area contributed by atoms with Gasteiger partial charge in [-0.15, -0.1) is 0 Å². The molecule has 1 N–H and O–H groups in total. The van der Waals surface area contributed by atoms with Gasteiger partial charge in [0.2, 0.25) is 0 Å². The fourth-order valence-corrected chi connectivity index (χ4v) is 2.25. The third kappa shape index (κ3) is 3.87. The normalized spacial score (nSPS) is 14.8. The lowest BCUT2D eigenvalue weighted by Gasteiger charge is -2.21. The van der Waals surface area contributed by atoms with Gasteiger partial charge in [-0.25, -0.2) is 4.39 Å². The summed E-state index contributed by atoms with van der Waals surface area (Å²) in [6.07, 6.45) is 0.953. The molecule has 0 aromatic heterocycles. The molecule has 0 fully saturated rings. The van der Waals surface area contributed by atoms with Crippen molar-refractivity contribution in [2.24, 2.45) is 5.92 Å². The van der Waals surface area contributed by atoms with E-state index in [4.69, 9.17) is 0 Å². The summed E-state index contributed by atoms with van der Waals surface area (Å²) < 4.78 is 13.8. The smallest absolute Gasteiger partial charge is 0.124 e. The zero-order valence-corrected chi connectivity index (χ0v) is 11.6. The standard InChI is InChI=1S/C13H19BrFN/c1-4-16-10(3)9(2)7-11-5-6-12(15)8-13(11)14/h5-6,8-10,16H,4,7H2,1-3H3. The minimum Gasteiger partial charge on any atom is -0.314 e. The average Bonchev–Trinajstić information content (AvgIpc) is 2.22. The van der Waals surface area contributed by atoms with Crippen LogP contribution in [0.25, 0.3) is 0 Å². The molecular formula is C13H19BrFN. The second-order valence-corrected chi connectivity index (χ2v) is 5.12. The van der Waals surface area contributed by atoms with E-state index in [1.165, 1.54) is 17.7 Å². The number of benzene rings is 1. The van der Waals surface area contributed by atoms with Crippen molar-refractivity contribution in [1.29, 1.82) is 0 Å². The Kier molecular flexibility index (Phi) is 5.42. The molecule has 0 saturated carbocycles. The first kappa shape index (κ1) is 13.7. The van der Waals surface area contributed by atoms with E-state index in [2.05, 4.69) is 42.0 Å². The Bertz CT molecular complexity index is 341. The summed E-state index contributed by atoms with van der Waals surface area (Å²) in [6.45, 7) is 7.49. The molecule has 2 unspecified atom stereocenters. The molecule has 1 nitrogen and oxygen atoms in total. The summed E-state index contributed by atoms with van der Waals surface area (Å²) >= 11 is 3.40. The first-order chi connectivity index (χ1) is 7.54. The van der Waals surface area contributed by atoms with Crippen molar-refractivity contribution in [2.75, 3.05) is 6.54 Å². The quantitative estimate of drug-likeness (QED) is 0.869. The highest BCUT2D eigenvalue weighted by Gasteiger charge is 2.13. The van der Waals surface area contributed by atoms with Crippen molar-refractivity contribution in [2.45, 2.75) is 33.2 Å². The number of halogens is 2. The second-order valence-electron chi connectivity index (χ2n) is 4.26. The summed E-state index contributed by atoms with van der Waals surface area (Å²) in [5.41, 5.74) is 1.17. The number of hydrogen-bond donors (Lipinski definition) is 1. The first-order valence-electron chi connectivity index (χ1n) is 5.72. The Balaban J connectivity index is 2.65. The maximum absolute atomic E-state index is 12.9. The van der Waals surface area contributed by atoms with E-state index in [-0.39, 0.29) is 5.82 Å². The summed E-state index contributed by atoms with van der Waals surface area (Å²) in [5, 5.41) is 3.41. The van der Waals surface area contributed by atoms with Crippen LogP contribution in [0.1, 0.15) is 26.3 Å². The van der Waals surface area contributed by atoms with Crippen LogP contribution in [-0.2, 0) is 6.42 Å². The highest BCUT2D eigenvalue weighted by atomic mass is 79.9. The summed E-state index contributed by atoms with van der Waals surface area (Å²) in [6, 6.07) is 5.38. The second kappa shape index (κ2) is 6.36. The number of rotatable bonds is 5. The van der Waals surface area contributed by atoms with Gasteiger partial charge < -0.3 is 5.32 Å². The molecule has 90 valence electrons. The van der Waals surface area contributed by atoms with E-state index < -0.39 is 0 Å². The fraction of sp³-hybridized carbons (Fsp3) is 0.538. The Hall–Kier alpha value is -0.410. The molecule has 0 aliphatic heterocycles. The lowest BCUT2D eigenvalue weighted by Crippen LogP contribution is -2.32. The largest absolute Gasteiger partial charge is 0.314 e. The maximum atomic E-state index is 12.9. The van der Waals surface area contributed by atoms with Crippen LogP contribution >= 0.6 is 15.9 Å². The summed E-state index contributed by atoms with van der Waals surface area (Å²) in [4.78, 5) is 0. The van der Waals surface area contributed by atoms with Gasteiger partial charge in [0, 0.05) is 10.5 Å². The van der Waals surface area contributed by atoms with Crippen LogP contribution in [0.4, 0.5) is 4.39 Å². The first-order valence-corrected chi connectivity index (χ1v) is 6.51. The van der Waals surface area contributed by atoms with E-state index in [1.54, 1.807) is 0 Å². The van der Waals surface area contributed by atoms with E-state index in [1.807, 2.05) is 6.07 Å². The van der Waals surface area contributed by atoms with Crippen molar-refractivity contribution < 1.29 is 4.39 Å². The minimum atomic E-state index is -0.192. The fourth-order valence-electron chi connectivity index (χ4n) is 1.73. The maximum Gasteiger partial charge on any atom is 0.124 e. The third-order valence-corrected chi connectivity index (χ3v) is 3.67. The van der Waals surface area contributed by atoms with Gasteiger partial charge in [-0.1, -0.05) is 35.8 Å². The van der Waals surface area contributed by atoms with Crippen LogP contribution < -0.4 is 5.32 Å². The van der Waals surface area contributed by atoms with Crippen LogP contribution in [0.5, 0.6) is 0 Å². The molecule has 0 aliphatic rings. The van der Waals surface area contributed by atoms with Gasteiger partial charge in [0.1, 0.15) is 5.82 Å². The van der Waals surface area contributed by atoms with E-state index in [9.17, 15) is 4.39 Å². The lowest BCUT2D eigenvalue weighted by molar-refractivity contribution is 0.406. The molecule has 0 spiro atoms. The monoisotopic (exact) mass is 287 g/mol. The Labute approximate surface area is 106 Å². The van der Waals surface area contributed by atoms with Crippen molar-refractivity contribution in [3.63, 3.8) is 0 Å². The zero-order chi connectivity index (χ0) is 12.1. The molecule has 0 radical (unpaired) electrons. The van der Waals surface area contributed by atoms with E-state index >= 15 is 0 Å². The molecule has 2 atom stereocenters. The van der Waals surface area contributed by atoms with Crippen LogP contribution in [0, 0.1) is 11.7 Å². The Morgan fingerprint density at radius 2 is 2.06 bits per heavy atom. The van der Waals surface area contributed by atoms with Crippen molar-refractivity contribution in [3.8, 4) is 0 Å². The molecule has 1 aromatic carbocycles. The van der Waals surface area contributed by atoms with Gasteiger partial charge in [0.05, 0.1) is 0 Å². The molecule has 1 aromatic rings.